The monoisotopic (exact) mass is 567 g/mol. The second kappa shape index (κ2) is 10.9. The summed E-state index contributed by atoms with van der Waals surface area (Å²) >= 11 is 0. The van der Waals surface area contributed by atoms with E-state index < -0.39 is 13.9 Å². The van der Waals surface area contributed by atoms with Crippen LogP contribution in [0.1, 0.15) is 53.3 Å². The molecule has 1 aromatic heterocycles. The molecule has 1 aliphatic heterocycles. The van der Waals surface area contributed by atoms with E-state index in [2.05, 4.69) is 110 Å². The molecule has 0 N–H and O–H groups in total. The first-order valence-electron chi connectivity index (χ1n) is 14.3. The molecule has 7 heteroatoms. The maximum atomic E-state index is 12.4. The molecule has 0 saturated carbocycles. The van der Waals surface area contributed by atoms with E-state index >= 15 is 0 Å². The molecule has 0 aliphatic carbocycles. The van der Waals surface area contributed by atoms with Crippen LogP contribution in [0, 0.1) is 0 Å². The fourth-order valence-corrected chi connectivity index (χ4v) is 10.1. The second-order valence-electron chi connectivity index (χ2n) is 12.9. The predicted molar refractivity (Wildman–Crippen MR) is 167 cm³/mol. The van der Waals surface area contributed by atoms with Crippen LogP contribution in [0.3, 0.4) is 0 Å². The molecule has 0 atom stereocenters. The summed E-state index contributed by atoms with van der Waals surface area (Å²) in [7, 11) is -0.655. The zero-order chi connectivity index (χ0) is 29.4. The highest BCUT2D eigenvalue weighted by molar-refractivity contribution is 7.00. The molecule has 0 bridgehead atoms. The lowest BCUT2D eigenvalue weighted by Gasteiger charge is -2.43. The van der Waals surface area contributed by atoms with E-state index in [1.807, 2.05) is 34.0 Å². The third-order valence-corrected chi connectivity index (χ3v) is 12.7. The summed E-state index contributed by atoms with van der Waals surface area (Å²) in [6.45, 7) is 13.8. The summed E-state index contributed by atoms with van der Waals surface area (Å²) in [5.74, 6) is 2.03. The Bertz CT molecular complexity index is 1440. The van der Waals surface area contributed by atoms with E-state index in [0.29, 0.717) is 13.1 Å². The van der Waals surface area contributed by atoms with Gasteiger partial charge in [-0.25, -0.2) is 9.78 Å². The first kappa shape index (κ1) is 28.7. The molecule has 1 aliphatic rings. The molecule has 41 heavy (non-hydrogen) atoms. The average molecular weight is 568 g/mol. The summed E-state index contributed by atoms with van der Waals surface area (Å²) in [5, 5.41) is 2.39. The summed E-state index contributed by atoms with van der Waals surface area (Å²) in [5.41, 5.74) is 1.61. The van der Waals surface area contributed by atoms with Crippen LogP contribution in [0.5, 0.6) is 5.75 Å². The number of amides is 1. The maximum Gasteiger partial charge on any atom is 0.410 e. The minimum atomic E-state index is -2.70. The number of rotatable bonds is 6. The highest BCUT2D eigenvalue weighted by atomic mass is 28.4. The van der Waals surface area contributed by atoms with Gasteiger partial charge in [-0.15, -0.1) is 0 Å². The number of carbonyl (C=O) groups excluding carboxylic acids is 1. The standard InChI is InChI=1S/C34H41N3O3Si/c1-33(2,3)39-32(38)37-23-26(24-37)31-35-22-30(36(31)7)25-18-20-27(21-19-25)40-41(34(4,5)6,28-14-10-8-11-15-28)29-16-12-9-13-17-29/h8-22,26H,23-24H2,1-7H3. The molecule has 6 nitrogen and oxygen atoms in total. The van der Waals surface area contributed by atoms with Gasteiger partial charge >= 0.3 is 14.4 Å². The quantitative estimate of drug-likeness (QED) is 0.255. The van der Waals surface area contributed by atoms with Gasteiger partial charge in [0.25, 0.3) is 0 Å². The van der Waals surface area contributed by atoms with Crippen molar-refractivity contribution >= 4 is 24.8 Å². The van der Waals surface area contributed by atoms with Crippen LogP contribution in [-0.4, -0.2) is 47.6 Å². The molecule has 1 saturated heterocycles. The number of hydrogen-bond donors (Lipinski definition) is 0. The predicted octanol–water partition coefficient (Wildman–Crippen LogP) is 6.36. The van der Waals surface area contributed by atoms with Crippen molar-refractivity contribution in [3.05, 3.63) is 97.0 Å². The minimum absolute atomic E-state index is 0.110. The van der Waals surface area contributed by atoms with Gasteiger partial charge in [0.1, 0.15) is 17.2 Å². The Morgan fingerprint density at radius 2 is 1.37 bits per heavy atom. The minimum Gasteiger partial charge on any atom is -0.534 e. The molecule has 1 amide bonds. The normalized spacial score (nSPS) is 14.5. The van der Waals surface area contributed by atoms with Crippen LogP contribution < -0.4 is 14.8 Å². The third kappa shape index (κ3) is 5.68. The van der Waals surface area contributed by atoms with Crippen molar-refractivity contribution in [2.45, 2.75) is 58.1 Å². The van der Waals surface area contributed by atoms with Gasteiger partial charge in [-0.2, -0.15) is 0 Å². The molecule has 4 aromatic rings. The number of likely N-dealkylation sites (tertiary alicyclic amines) is 1. The number of carbonyl (C=O) groups is 1. The van der Waals surface area contributed by atoms with Crippen molar-refractivity contribution in [2.75, 3.05) is 13.1 Å². The lowest BCUT2D eigenvalue weighted by Crippen LogP contribution is -2.68. The number of imidazole rings is 1. The zero-order valence-electron chi connectivity index (χ0n) is 25.2. The van der Waals surface area contributed by atoms with Crippen molar-refractivity contribution in [3.63, 3.8) is 0 Å². The molecule has 0 radical (unpaired) electrons. The third-order valence-electron chi connectivity index (χ3n) is 7.76. The highest BCUT2D eigenvalue weighted by Gasteiger charge is 2.52. The lowest BCUT2D eigenvalue weighted by molar-refractivity contribution is 0.00731. The van der Waals surface area contributed by atoms with Gasteiger partial charge in [0.15, 0.2) is 0 Å². The number of ether oxygens (including phenoxy) is 1. The van der Waals surface area contributed by atoms with Crippen molar-refractivity contribution < 1.29 is 14.0 Å². The van der Waals surface area contributed by atoms with Crippen molar-refractivity contribution in [2.24, 2.45) is 7.05 Å². The Labute approximate surface area is 245 Å². The fourth-order valence-electron chi connectivity index (χ4n) is 5.71. The van der Waals surface area contributed by atoms with Crippen LogP contribution in [-0.2, 0) is 11.8 Å². The Morgan fingerprint density at radius 1 is 0.829 bits per heavy atom. The number of benzene rings is 3. The fraction of sp³-hybridized carbons (Fsp3) is 0.353. The van der Waals surface area contributed by atoms with Crippen LogP contribution >= 0.6 is 0 Å². The van der Waals surface area contributed by atoms with Gasteiger partial charge in [-0.1, -0.05) is 81.4 Å². The number of aromatic nitrogens is 2. The number of hydrogen-bond acceptors (Lipinski definition) is 4. The van der Waals surface area contributed by atoms with Crippen LogP contribution in [0.4, 0.5) is 4.79 Å². The summed E-state index contributed by atoms with van der Waals surface area (Å²) in [6, 6.07) is 29.8. The molecule has 1 fully saturated rings. The molecule has 2 heterocycles. The van der Waals surface area contributed by atoms with E-state index in [-0.39, 0.29) is 17.0 Å². The van der Waals surface area contributed by atoms with Crippen LogP contribution in [0.2, 0.25) is 5.04 Å². The van der Waals surface area contributed by atoms with E-state index in [0.717, 1.165) is 22.8 Å². The first-order chi connectivity index (χ1) is 19.4. The van der Waals surface area contributed by atoms with E-state index in [4.69, 9.17) is 14.1 Å². The topological polar surface area (TPSA) is 56.6 Å². The smallest absolute Gasteiger partial charge is 0.410 e. The Hall–Kier alpha value is -3.84. The molecule has 3 aromatic carbocycles. The largest absolute Gasteiger partial charge is 0.534 e. The van der Waals surface area contributed by atoms with Crippen LogP contribution in [0.15, 0.2) is 91.1 Å². The SMILES string of the molecule is Cn1c(-c2ccc(O[Si](c3ccccc3)(c3ccccc3)C(C)(C)C)cc2)cnc1C1CN(C(=O)OC(C)(C)C)C1. The Kier molecular flexibility index (Phi) is 7.59. The lowest BCUT2D eigenvalue weighted by atomic mass is 10.00. The molecule has 5 rings (SSSR count). The van der Waals surface area contributed by atoms with Crippen molar-refractivity contribution in [1.82, 2.24) is 14.5 Å². The average Bonchev–Trinajstić information content (AvgIpc) is 3.26. The van der Waals surface area contributed by atoms with E-state index in [9.17, 15) is 4.79 Å². The molecule has 0 unspecified atom stereocenters. The van der Waals surface area contributed by atoms with Gasteiger partial charge in [0, 0.05) is 25.7 Å². The zero-order valence-corrected chi connectivity index (χ0v) is 26.2. The Balaban J connectivity index is 1.38. The number of nitrogens with zero attached hydrogens (tertiary/aromatic N) is 3. The molecule has 0 spiro atoms. The van der Waals surface area contributed by atoms with E-state index in [1.165, 1.54) is 10.4 Å². The molecular formula is C34H41N3O3Si. The summed E-state index contributed by atoms with van der Waals surface area (Å²) < 4.78 is 14.8. The summed E-state index contributed by atoms with van der Waals surface area (Å²) in [6.07, 6.45) is 1.66. The summed E-state index contributed by atoms with van der Waals surface area (Å²) in [4.78, 5) is 18.8. The van der Waals surface area contributed by atoms with Crippen LogP contribution in [0.25, 0.3) is 11.3 Å². The first-order valence-corrected chi connectivity index (χ1v) is 16.2. The van der Waals surface area contributed by atoms with Gasteiger partial charge in [-0.05, 0) is 60.4 Å². The van der Waals surface area contributed by atoms with Crippen molar-refractivity contribution in [3.8, 4) is 17.0 Å². The highest BCUT2D eigenvalue weighted by Crippen LogP contribution is 2.38. The van der Waals surface area contributed by atoms with Gasteiger partial charge in [-0.3, -0.25) is 0 Å². The van der Waals surface area contributed by atoms with Gasteiger partial charge < -0.3 is 18.6 Å². The molecular weight excluding hydrogens is 526 g/mol. The van der Waals surface area contributed by atoms with Gasteiger partial charge in [0.2, 0.25) is 0 Å². The maximum absolute atomic E-state index is 12.4. The van der Waals surface area contributed by atoms with Crippen molar-refractivity contribution in [1.29, 1.82) is 0 Å². The van der Waals surface area contributed by atoms with Gasteiger partial charge in [0.05, 0.1) is 17.8 Å². The second-order valence-corrected chi connectivity index (χ2v) is 17.2. The van der Waals surface area contributed by atoms with E-state index in [1.54, 1.807) is 4.90 Å². The molecule has 214 valence electrons. The Morgan fingerprint density at radius 3 is 1.85 bits per heavy atom.